The molecule has 1 aliphatic heterocycles. The third-order valence-electron chi connectivity index (χ3n) is 1.73. The Morgan fingerprint density at radius 3 is 2.78 bits per heavy atom. The summed E-state index contributed by atoms with van der Waals surface area (Å²) in [6.07, 6.45) is 2.73. The van der Waals surface area contributed by atoms with Crippen molar-refractivity contribution in [1.29, 1.82) is 0 Å². The van der Waals surface area contributed by atoms with E-state index in [0.29, 0.717) is 6.61 Å². The molecule has 3 N–H and O–H groups in total. The lowest BCUT2D eigenvalue weighted by Gasteiger charge is -2.20. The van der Waals surface area contributed by atoms with Gasteiger partial charge in [-0.2, -0.15) is 0 Å². The first-order valence-corrected chi connectivity index (χ1v) is 3.02. The molecular weight excluding hydrogens is 116 g/mol. The Morgan fingerprint density at radius 2 is 2.56 bits per heavy atom. The molecule has 3 heteroatoms. The van der Waals surface area contributed by atoms with Gasteiger partial charge < -0.3 is 4.74 Å². The van der Waals surface area contributed by atoms with Crippen LogP contribution in [0.2, 0.25) is 0 Å². The second-order valence-corrected chi connectivity index (χ2v) is 2.31. The first kappa shape index (κ1) is 6.74. The van der Waals surface area contributed by atoms with Crippen molar-refractivity contribution in [2.24, 2.45) is 5.84 Å². The van der Waals surface area contributed by atoms with E-state index in [4.69, 9.17) is 10.6 Å². The van der Waals surface area contributed by atoms with Crippen LogP contribution in [0.4, 0.5) is 0 Å². The average molecular weight is 128 g/mol. The molecule has 1 fully saturated rings. The Kier molecular flexibility index (Phi) is 1.85. The lowest BCUT2D eigenvalue weighted by molar-refractivity contribution is 0.179. The van der Waals surface area contributed by atoms with E-state index in [1.54, 1.807) is 6.08 Å². The zero-order chi connectivity index (χ0) is 6.74. The van der Waals surface area contributed by atoms with E-state index in [-0.39, 0.29) is 5.54 Å². The van der Waals surface area contributed by atoms with Crippen LogP contribution in [-0.2, 0) is 4.74 Å². The second-order valence-electron chi connectivity index (χ2n) is 2.31. The van der Waals surface area contributed by atoms with Crippen LogP contribution in [0.1, 0.15) is 6.42 Å². The molecule has 0 radical (unpaired) electrons. The predicted octanol–water partition coefficient (Wildman–Crippen LogP) is -0.205. The summed E-state index contributed by atoms with van der Waals surface area (Å²) >= 11 is 0. The maximum Gasteiger partial charge on any atom is 0.0752 e. The minimum atomic E-state index is -0.153. The summed E-state index contributed by atoms with van der Waals surface area (Å²) in [6, 6.07) is 0. The zero-order valence-electron chi connectivity index (χ0n) is 5.39. The highest BCUT2D eigenvalue weighted by Gasteiger charge is 2.29. The zero-order valence-corrected chi connectivity index (χ0v) is 5.39. The minimum Gasteiger partial charge on any atom is -0.379 e. The molecule has 0 spiro atoms. The Bertz CT molecular complexity index is 108. The smallest absolute Gasteiger partial charge is 0.0752 e. The fourth-order valence-corrected chi connectivity index (χ4v) is 0.915. The van der Waals surface area contributed by atoms with Gasteiger partial charge in [0.25, 0.3) is 0 Å². The third kappa shape index (κ3) is 1.13. The van der Waals surface area contributed by atoms with E-state index in [9.17, 15) is 0 Å². The molecular formula is C6H12N2O. The normalized spacial score (nSPS) is 34.8. The molecule has 0 aliphatic carbocycles. The molecule has 1 saturated heterocycles. The van der Waals surface area contributed by atoms with Crippen molar-refractivity contribution in [1.82, 2.24) is 5.43 Å². The number of nitrogens with one attached hydrogen (secondary N) is 1. The van der Waals surface area contributed by atoms with E-state index in [1.165, 1.54) is 0 Å². The van der Waals surface area contributed by atoms with Gasteiger partial charge in [0.2, 0.25) is 0 Å². The van der Waals surface area contributed by atoms with Crippen molar-refractivity contribution in [3.63, 3.8) is 0 Å². The molecule has 0 bridgehead atoms. The van der Waals surface area contributed by atoms with E-state index < -0.39 is 0 Å². The Labute approximate surface area is 54.8 Å². The van der Waals surface area contributed by atoms with Gasteiger partial charge in [-0.15, -0.1) is 6.58 Å². The number of nitrogens with two attached hydrogens (primary N) is 1. The van der Waals surface area contributed by atoms with Gasteiger partial charge >= 0.3 is 0 Å². The first-order valence-electron chi connectivity index (χ1n) is 3.02. The molecule has 1 heterocycles. The van der Waals surface area contributed by atoms with Gasteiger partial charge in [-0.1, -0.05) is 6.08 Å². The van der Waals surface area contributed by atoms with Crippen molar-refractivity contribution >= 4 is 0 Å². The number of rotatable bonds is 2. The monoisotopic (exact) mass is 128 g/mol. The molecule has 3 nitrogen and oxygen atoms in total. The standard InChI is InChI=1S/C6H12N2O/c1-2-6(8-7)3-4-9-5-6/h2,8H,1,3-5,7H2. The maximum absolute atomic E-state index is 5.28. The number of hydrogen-bond donors (Lipinski definition) is 2. The number of hydrazine groups is 1. The van der Waals surface area contributed by atoms with E-state index in [0.717, 1.165) is 13.0 Å². The Balaban J connectivity index is 2.55. The van der Waals surface area contributed by atoms with Crippen molar-refractivity contribution in [3.8, 4) is 0 Å². The summed E-state index contributed by atoms with van der Waals surface area (Å²) in [5, 5.41) is 0. The summed E-state index contributed by atoms with van der Waals surface area (Å²) in [6.45, 7) is 5.08. The van der Waals surface area contributed by atoms with Crippen molar-refractivity contribution in [3.05, 3.63) is 12.7 Å². The highest BCUT2D eigenvalue weighted by atomic mass is 16.5. The van der Waals surface area contributed by atoms with Gasteiger partial charge in [0.05, 0.1) is 12.1 Å². The molecule has 0 amide bonds. The topological polar surface area (TPSA) is 47.3 Å². The van der Waals surface area contributed by atoms with Crippen LogP contribution in [0.25, 0.3) is 0 Å². The minimum absolute atomic E-state index is 0.153. The lowest BCUT2D eigenvalue weighted by atomic mass is 10.0. The molecule has 0 aromatic heterocycles. The van der Waals surface area contributed by atoms with Crippen LogP contribution in [0.15, 0.2) is 12.7 Å². The van der Waals surface area contributed by atoms with E-state index >= 15 is 0 Å². The molecule has 0 saturated carbocycles. The molecule has 0 aromatic carbocycles. The van der Waals surface area contributed by atoms with Crippen molar-refractivity contribution in [2.45, 2.75) is 12.0 Å². The van der Waals surface area contributed by atoms with Crippen LogP contribution in [0.5, 0.6) is 0 Å². The SMILES string of the molecule is C=CC1(NN)CCOC1. The Morgan fingerprint density at radius 1 is 1.78 bits per heavy atom. The molecule has 1 rings (SSSR count). The second kappa shape index (κ2) is 2.47. The fraction of sp³-hybridized carbons (Fsp3) is 0.667. The molecule has 1 aliphatic rings. The fourth-order valence-electron chi connectivity index (χ4n) is 0.915. The van der Waals surface area contributed by atoms with Gasteiger partial charge in [0.15, 0.2) is 0 Å². The summed E-state index contributed by atoms with van der Waals surface area (Å²) < 4.78 is 5.13. The van der Waals surface area contributed by atoms with Gasteiger partial charge in [-0.3, -0.25) is 5.84 Å². The Hall–Kier alpha value is -0.380. The summed E-state index contributed by atoms with van der Waals surface area (Å²) in [7, 11) is 0. The van der Waals surface area contributed by atoms with Crippen LogP contribution < -0.4 is 11.3 Å². The largest absolute Gasteiger partial charge is 0.379 e. The van der Waals surface area contributed by atoms with Crippen LogP contribution >= 0.6 is 0 Å². The summed E-state index contributed by atoms with van der Waals surface area (Å²) in [5.41, 5.74) is 2.53. The number of hydrogen-bond acceptors (Lipinski definition) is 3. The van der Waals surface area contributed by atoms with Crippen LogP contribution in [-0.4, -0.2) is 18.8 Å². The van der Waals surface area contributed by atoms with Gasteiger partial charge in [0, 0.05) is 6.61 Å². The quantitative estimate of drug-likeness (QED) is 0.307. The molecule has 9 heavy (non-hydrogen) atoms. The van der Waals surface area contributed by atoms with E-state index in [2.05, 4.69) is 12.0 Å². The van der Waals surface area contributed by atoms with Crippen molar-refractivity contribution in [2.75, 3.05) is 13.2 Å². The highest BCUT2D eigenvalue weighted by Crippen LogP contribution is 2.17. The summed E-state index contributed by atoms with van der Waals surface area (Å²) in [5.74, 6) is 5.28. The molecule has 1 unspecified atom stereocenters. The number of ether oxygens (including phenoxy) is 1. The first-order chi connectivity index (χ1) is 4.33. The molecule has 1 atom stereocenters. The maximum atomic E-state index is 5.28. The van der Waals surface area contributed by atoms with Crippen molar-refractivity contribution < 1.29 is 4.74 Å². The molecule has 52 valence electrons. The predicted molar refractivity (Wildman–Crippen MR) is 35.7 cm³/mol. The van der Waals surface area contributed by atoms with Crippen LogP contribution in [0, 0.1) is 0 Å². The molecule has 0 aromatic rings. The van der Waals surface area contributed by atoms with Gasteiger partial charge in [-0.05, 0) is 6.42 Å². The lowest BCUT2D eigenvalue weighted by Crippen LogP contribution is -2.48. The van der Waals surface area contributed by atoms with Gasteiger partial charge in [0.1, 0.15) is 0 Å². The average Bonchev–Trinajstić information content (AvgIpc) is 2.36. The summed E-state index contributed by atoms with van der Waals surface area (Å²) in [4.78, 5) is 0. The highest BCUT2D eigenvalue weighted by molar-refractivity contribution is 5.04. The van der Waals surface area contributed by atoms with E-state index in [1.807, 2.05) is 0 Å². The van der Waals surface area contributed by atoms with Crippen LogP contribution in [0.3, 0.4) is 0 Å². The van der Waals surface area contributed by atoms with Gasteiger partial charge in [-0.25, -0.2) is 5.43 Å². The third-order valence-corrected chi connectivity index (χ3v) is 1.73.